The third kappa shape index (κ3) is 4.18. The van der Waals surface area contributed by atoms with E-state index in [-0.39, 0.29) is 18.3 Å². The summed E-state index contributed by atoms with van der Waals surface area (Å²) in [4.78, 5) is 10.7. The lowest BCUT2D eigenvalue weighted by Crippen LogP contribution is -2.26. The standard InChI is InChI=1S/C15H21F2NO2/c1-5-15(3,4)14-12(17)8-11(16)9-13(14)20-7-6-18-10(2)19/h8-9H,5-7H2,1-4H3,(H,18,19). The zero-order valence-electron chi connectivity index (χ0n) is 12.3. The molecule has 0 aliphatic heterocycles. The zero-order valence-corrected chi connectivity index (χ0v) is 12.3. The Balaban J connectivity index is 2.96. The first-order valence-electron chi connectivity index (χ1n) is 6.64. The van der Waals surface area contributed by atoms with Crippen LogP contribution in [-0.4, -0.2) is 19.1 Å². The lowest BCUT2D eigenvalue weighted by atomic mass is 9.81. The quantitative estimate of drug-likeness (QED) is 0.815. The fourth-order valence-electron chi connectivity index (χ4n) is 1.89. The van der Waals surface area contributed by atoms with Crippen molar-refractivity contribution in [2.45, 2.75) is 39.5 Å². The number of amides is 1. The van der Waals surface area contributed by atoms with Crippen LogP contribution in [0.2, 0.25) is 0 Å². The number of hydrogen-bond donors (Lipinski definition) is 1. The Bertz CT molecular complexity index is 487. The number of hydrogen-bond acceptors (Lipinski definition) is 2. The van der Waals surface area contributed by atoms with Crippen molar-refractivity contribution in [2.75, 3.05) is 13.2 Å². The molecule has 5 heteroatoms. The van der Waals surface area contributed by atoms with Gasteiger partial charge in [0.1, 0.15) is 24.0 Å². The highest BCUT2D eigenvalue weighted by atomic mass is 19.1. The second kappa shape index (κ2) is 6.68. The van der Waals surface area contributed by atoms with Crippen LogP contribution in [0.1, 0.15) is 39.7 Å². The minimum atomic E-state index is -0.673. The summed E-state index contributed by atoms with van der Waals surface area (Å²) in [5.41, 5.74) is -0.0922. The molecule has 1 aromatic rings. The van der Waals surface area contributed by atoms with Gasteiger partial charge in [-0.2, -0.15) is 0 Å². The highest BCUT2D eigenvalue weighted by molar-refractivity contribution is 5.72. The molecule has 0 spiro atoms. The van der Waals surface area contributed by atoms with Crippen LogP contribution in [0.15, 0.2) is 12.1 Å². The molecule has 0 fully saturated rings. The molecule has 112 valence electrons. The van der Waals surface area contributed by atoms with E-state index in [9.17, 15) is 13.6 Å². The van der Waals surface area contributed by atoms with Crippen LogP contribution >= 0.6 is 0 Å². The monoisotopic (exact) mass is 285 g/mol. The van der Waals surface area contributed by atoms with Gasteiger partial charge in [0.2, 0.25) is 5.91 Å². The van der Waals surface area contributed by atoms with Gasteiger partial charge in [0.05, 0.1) is 6.54 Å². The molecule has 1 amide bonds. The molecular formula is C15H21F2NO2. The summed E-state index contributed by atoms with van der Waals surface area (Å²) >= 11 is 0. The fourth-order valence-corrected chi connectivity index (χ4v) is 1.89. The molecule has 0 aromatic heterocycles. The van der Waals surface area contributed by atoms with Crippen LogP contribution in [0, 0.1) is 11.6 Å². The first-order chi connectivity index (χ1) is 9.27. The Labute approximate surface area is 118 Å². The molecule has 0 saturated heterocycles. The van der Waals surface area contributed by atoms with Crippen molar-refractivity contribution in [1.29, 1.82) is 0 Å². The zero-order chi connectivity index (χ0) is 15.3. The number of benzene rings is 1. The average Bonchev–Trinajstić information content (AvgIpc) is 2.33. The summed E-state index contributed by atoms with van der Waals surface area (Å²) in [7, 11) is 0. The molecule has 1 aromatic carbocycles. The van der Waals surface area contributed by atoms with Crippen molar-refractivity contribution < 1.29 is 18.3 Å². The average molecular weight is 285 g/mol. The molecule has 0 heterocycles. The van der Waals surface area contributed by atoms with Crippen molar-refractivity contribution in [3.05, 3.63) is 29.3 Å². The van der Waals surface area contributed by atoms with Crippen LogP contribution in [-0.2, 0) is 10.2 Å². The van der Waals surface area contributed by atoms with E-state index >= 15 is 0 Å². The van der Waals surface area contributed by atoms with Gasteiger partial charge < -0.3 is 10.1 Å². The first-order valence-corrected chi connectivity index (χ1v) is 6.64. The topological polar surface area (TPSA) is 38.3 Å². The Morgan fingerprint density at radius 1 is 1.35 bits per heavy atom. The van der Waals surface area contributed by atoms with Gasteiger partial charge in [-0.25, -0.2) is 8.78 Å². The molecule has 1 rings (SSSR count). The first kappa shape index (κ1) is 16.4. The summed E-state index contributed by atoms with van der Waals surface area (Å²) in [5, 5.41) is 2.57. The molecule has 0 saturated carbocycles. The van der Waals surface area contributed by atoms with Crippen molar-refractivity contribution >= 4 is 5.91 Å². The van der Waals surface area contributed by atoms with Crippen molar-refractivity contribution in [3.8, 4) is 5.75 Å². The second-order valence-electron chi connectivity index (χ2n) is 5.33. The molecule has 20 heavy (non-hydrogen) atoms. The number of carbonyl (C=O) groups excluding carboxylic acids is 1. The molecule has 0 aliphatic carbocycles. The molecule has 0 radical (unpaired) electrons. The summed E-state index contributed by atoms with van der Waals surface area (Å²) in [6.45, 7) is 7.54. The second-order valence-corrected chi connectivity index (χ2v) is 5.33. The van der Waals surface area contributed by atoms with E-state index in [0.29, 0.717) is 18.5 Å². The Kier molecular flexibility index (Phi) is 5.48. The van der Waals surface area contributed by atoms with Crippen molar-refractivity contribution in [2.24, 2.45) is 0 Å². The summed E-state index contributed by atoms with van der Waals surface area (Å²) in [5.74, 6) is -1.26. The van der Waals surface area contributed by atoms with E-state index in [0.717, 1.165) is 6.07 Å². The molecule has 1 N–H and O–H groups in total. The summed E-state index contributed by atoms with van der Waals surface area (Å²) in [6.07, 6.45) is 0.692. The summed E-state index contributed by atoms with van der Waals surface area (Å²) < 4.78 is 32.8. The van der Waals surface area contributed by atoms with E-state index < -0.39 is 17.0 Å². The van der Waals surface area contributed by atoms with E-state index in [1.54, 1.807) is 0 Å². The minimum Gasteiger partial charge on any atom is -0.491 e. The van der Waals surface area contributed by atoms with E-state index in [1.807, 2.05) is 20.8 Å². The van der Waals surface area contributed by atoms with Crippen LogP contribution in [0.4, 0.5) is 8.78 Å². The van der Waals surface area contributed by atoms with Gasteiger partial charge in [-0.3, -0.25) is 4.79 Å². The van der Waals surface area contributed by atoms with E-state index in [2.05, 4.69) is 5.32 Å². The highest BCUT2D eigenvalue weighted by Crippen LogP contribution is 2.36. The Hall–Kier alpha value is -1.65. The van der Waals surface area contributed by atoms with Crippen LogP contribution in [0.5, 0.6) is 5.75 Å². The number of nitrogens with one attached hydrogen (secondary N) is 1. The van der Waals surface area contributed by atoms with E-state index in [4.69, 9.17) is 4.74 Å². The minimum absolute atomic E-state index is 0.162. The molecule has 0 bridgehead atoms. The maximum absolute atomic E-state index is 14.0. The van der Waals surface area contributed by atoms with Crippen LogP contribution in [0.25, 0.3) is 0 Å². The molecule has 0 aliphatic rings. The number of rotatable bonds is 6. The van der Waals surface area contributed by atoms with Crippen molar-refractivity contribution in [1.82, 2.24) is 5.32 Å². The third-order valence-corrected chi connectivity index (χ3v) is 3.31. The molecule has 3 nitrogen and oxygen atoms in total. The van der Waals surface area contributed by atoms with Gasteiger partial charge in [-0.1, -0.05) is 20.8 Å². The molecular weight excluding hydrogens is 264 g/mol. The highest BCUT2D eigenvalue weighted by Gasteiger charge is 2.27. The lowest BCUT2D eigenvalue weighted by Gasteiger charge is -2.26. The number of carbonyl (C=O) groups is 1. The van der Waals surface area contributed by atoms with Gasteiger partial charge in [0.25, 0.3) is 0 Å². The maximum Gasteiger partial charge on any atom is 0.216 e. The smallest absolute Gasteiger partial charge is 0.216 e. The fraction of sp³-hybridized carbons (Fsp3) is 0.533. The predicted molar refractivity (Wildman–Crippen MR) is 73.9 cm³/mol. The van der Waals surface area contributed by atoms with Crippen LogP contribution < -0.4 is 10.1 Å². The van der Waals surface area contributed by atoms with Gasteiger partial charge in [0, 0.05) is 24.6 Å². The molecule has 0 unspecified atom stereocenters. The largest absolute Gasteiger partial charge is 0.491 e. The molecule has 0 atom stereocenters. The Morgan fingerprint density at radius 2 is 2.00 bits per heavy atom. The third-order valence-electron chi connectivity index (χ3n) is 3.31. The van der Waals surface area contributed by atoms with Gasteiger partial charge in [0.15, 0.2) is 0 Å². The predicted octanol–water partition coefficient (Wildman–Crippen LogP) is 3.17. The van der Waals surface area contributed by atoms with E-state index in [1.165, 1.54) is 13.0 Å². The van der Waals surface area contributed by atoms with Gasteiger partial charge >= 0.3 is 0 Å². The number of halogens is 2. The summed E-state index contributed by atoms with van der Waals surface area (Å²) in [6, 6.07) is 2.05. The van der Waals surface area contributed by atoms with Crippen LogP contribution in [0.3, 0.4) is 0 Å². The SMILES string of the molecule is CCC(C)(C)c1c(F)cc(F)cc1OCCNC(C)=O. The lowest BCUT2D eigenvalue weighted by molar-refractivity contribution is -0.119. The normalized spacial score (nSPS) is 11.3. The van der Waals surface area contributed by atoms with Crippen molar-refractivity contribution in [3.63, 3.8) is 0 Å². The number of ether oxygens (including phenoxy) is 1. The van der Waals surface area contributed by atoms with Gasteiger partial charge in [-0.15, -0.1) is 0 Å². The Morgan fingerprint density at radius 3 is 2.55 bits per heavy atom. The maximum atomic E-state index is 14.0. The van der Waals surface area contributed by atoms with Gasteiger partial charge in [-0.05, 0) is 11.8 Å².